The van der Waals surface area contributed by atoms with E-state index >= 15 is 0 Å². The van der Waals surface area contributed by atoms with Gasteiger partial charge in [0.15, 0.2) is 0 Å². The summed E-state index contributed by atoms with van der Waals surface area (Å²) in [5.41, 5.74) is 3.05. The summed E-state index contributed by atoms with van der Waals surface area (Å²) in [6, 6.07) is 13.3. The fraction of sp³-hybridized carbons (Fsp3) is 0.381. The van der Waals surface area contributed by atoms with Gasteiger partial charge in [0.2, 0.25) is 10.0 Å². The largest absolute Gasteiger partial charge is 0.460 e. The van der Waals surface area contributed by atoms with E-state index in [1.54, 1.807) is 12.1 Å². The molecule has 2 rings (SSSR count). The van der Waals surface area contributed by atoms with Crippen molar-refractivity contribution < 1.29 is 17.9 Å². The number of aryl methyl sites for hydroxylation is 1. The molecule has 0 aliphatic carbocycles. The Labute approximate surface area is 161 Å². The molecule has 0 amide bonds. The summed E-state index contributed by atoms with van der Waals surface area (Å²) in [4.78, 5) is 12.3. The van der Waals surface area contributed by atoms with Gasteiger partial charge in [-0.2, -0.15) is 4.72 Å². The molecule has 0 aliphatic heterocycles. The Morgan fingerprint density at radius 2 is 1.59 bits per heavy atom. The van der Waals surface area contributed by atoms with Gasteiger partial charge in [0.25, 0.3) is 0 Å². The zero-order valence-corrected chi connectivity index (χ0v) is 17.3. The van der Waals surface area contributed by atoms with E-state index in [0.717, 1.165) is 11.1 Å². The summed E-state index contributed by atoms with van der Waals surface area (Å²) in [6.45, 7) is 9.83. The van der Waals surface area contributed by atoms with E-state index in [-0.39, 0.29) is 16.9 Å². The minimum absolute atomic E-state index is 0.0536. The molecule has 6 heteroatoms. The lowest BCUT2D eigenvalue weighted by molar-refractivity contribution is -0.146. The molecule has 0 spiro atoms. The Hall–Kier alpha value is -2.18. The maximum atomic E-state index is 12.3. The summed E-state index contributed by atoms with van der Waals surface area (Å²) in [7, 11) is -3.78. The highest BCUT2D eigenvalue weighted by Crippen LogP contribution is 2.22. The molecule has 0 radical (unpaired) electrons. The first-order valence-electron chi connectivity index (χ1n) is 8.84. The van der Waals surface area contributed by atoms with Gasteiger partial charge < -0.3 is 4.74 Å². The molecule has 0 aliphatic rings. The Morgan fingerprint density at radius 1 is 1.04 bits per heavy atom. The third kappa shape index (κ3) is 5.91. The minimum Gasteiger partial charge on any atom is -0.460 e. The number of carbonyl (C=O) groups excluding carboxylic acids is 1. The molecule has 146 valence electrons. The van der Waals surface area contributed by atoms with Gasteiger partial charge >= 0.3 is 5.97 Å². The topological polar surface area (TPSA) is 72.5 Å². The van der Waals surface area contributed by atoms with Gasteiger partial charge in [-0.1, -0.05) is 62.7 Å². The van der Waals surface area contributed by atoms with Gasteiger partial charge in [0, 0.05) is 0 Å². The second-order valence-electron chi connectivity index (χ2n) is 7.71. The number of hydrogen-bond donors (Lipinski definition) is 1. The number of nitrogens with one attached hydrogen (secondary N) is 1. The van der Waals surface area contributed by atoms with Crippen LogP contribution in [0.5, 0.6) is 0 Å². The number of sulfonamides is 1. The van der Waals surface area contributed by atoms with Crippen molar-refractivity contribution >= 4 is 16.0 Å². The van der Waals surface area contributed by atoms with Crippen molar-refractivity contribution in [1.82, 2.24) is 4.72 Å². The number of carbonyl (C=O) groups is 1. The van der Waals surface area contributed by atoms with Crippen LogP contribution in [-0.2, 0) is 31.6 Å². The molecule has 27 heavy (non-hydrogen) atoms. The summed E-state index contributed by atoms with van der Waals surface area (Å²) < 4.78 is 32.3. The third-order valence-corrected chi connectivity index (χ3v) is 5.77. The predicted molar refractivity (Wildman–Crippen MR) is 106 cm³/mol. The molecule has 2 aromatic rings. The summed E-state index contributed by atoms with van der Waals surface area (Å²) in [6.07, 6.45) is 0. The highest BCUT2D eigenvalue weighted by molar-refractivity contribution is 7.89. The third-order valence-electron chi connectivity index (χ3n) is 4.22. The highest BCUT2D eigenvalue weighted by atomic mass is 32.2. The van der Waals surface area contributed by atoms with Crippen LogP contribution in [0.3, 0.4) is 0 Å². The Morgan fingerprint density at radius 3 is 2.11 bits per heavy atom. The summed E-state index contributed by atoms with van der Waals surface area (Å²) in [5, 5.41) is 0. The van der Waals surface area contributed by atoms with Crippen molar-refractivity contribution in [3.8, 4) is 0 Å². The second-order valence-corrected chi connectivity index (χ2v) is 9.42. The first-order chi connectivity index (χ1) is 12.5. The molecular formula is C21H27NO4S. The Kier molecular flexibility index (Phi) is 6.44. The molecule has 0 heterocycles. The monoisotopic (exact) mass is 389 g/mol. The van der Waals surface area contributed by atoms with Crippen molar-refractivity contribution in [2.45, 2.75) is 57.6 Å². The SMILES string of the molecule is Cc1ccc(S(=O)(=O)N[C@@H](C)C(=O)OCc2ccc(C(C)(C)C)cc2)cc1. The smallest absolute Gasteiger partial charge is 0.324 e. The van der Waals surface area contributed by atoms with E-state index in [1.165, 1.54) is 24.6 Å². The van der Waals surface area contributed by atoms with Gasteiger partial charge in [-0.25, -0.2) is 8.42 Å². The standard InChI is InChI=1S/C21H27NO4S/c1-15-6-12-19(13-7-15)27(24,25)22-16(2)20(23)26-14-17-8-10-18(11-9-17)21(3,4)5/h6-13,16,22H,14H2,1-5H3/t16-/m0/s1. The van der Waals surface area contributed by atoms with Crippen LogP contribution in [0.15, 0.2) is 53.4 Å². The van der Waals surface area contributed by atoms with E-state index in [9.17, 15) is 13.2 Å². The van der Waals surface area contributed by atoms with Crippen molar-refractivity contribution in [3.05, 3.63) is 65.2 Å². The normalized spacial score (nSPS) is 13.2. The number of ether oxygens (including phenoxy) is 1. The summed E-state index contributed by atoms with van der Waals surface area (Å²) >= 11 is 0. The molecule has 0 fully saturated rings. The van der Waals surface area contributed by atoms with Crippen molar-refractivity contribution in [2.75, 3.05) is 0 Å². The minimum atomic E-state index is -3.78. The molecule has 0 saturated heterocycles. The lowest BCUT2D eigenvalue weighted by Gasteiger charge is -2.19. The maximum absolute atomic E-state index is 12.3. The molecule has 5 nitrogen and oxygen atoms in total. The lowest BCUT2D eigenvalue weighted by Crippen LogP contribution is -2.39. The average Bonchev–Trinajstić information content (AvgIpc) is 2.59. The first kappa shape index (κ1) is 21.1. The van der Waals surface area contributed by atoms with Gasteiger partial charge in [-0.3, -0.25) is 4.79 Å². The number of esters is 1. The molecule has 0 unspecified atom stereocenters. The van der Waals surface area contributed by atoms with Crippen LogP contribution in [0.25, 0.3) is 0 Å². The predicted octanol–water partition coefficient (Wildman–Crippen LogP) is 3.70. The second kappa shape index (κ2) is 8.23. The fourth-order valence-corrected chi connectivity index (χ4v) is 3.64. The molecule has 0 aromatic heterocycles. The fourth-order valence-electron chi connectivity index (χ4n) is 2.45. The molecule has 1 N–H and O–H groups in total. The van der Waals surface area contributed by atoms with Crippen LogP contribution in [-0.4, -0.2) is 20.4 Å². The van der Waals surface area contributed by atoms with Crippen LogP contribution in [0.1, 0.15) is 44.4 Å². The summed E-state index contributed by atoms with van der Waals surface area (Å²) in [5.74, 6) is -0.620. The molecular weight excluding hydrogens is 362 g/mol. The zero-order chi connectivity index (χ0) is 20.2. The van der Waals surface area contributed by atoms with Crippen LogP contribution in [0.4, 0.5) is 0 Å². The molecule has 2 aromatic carbocycles. The average molecular weight is 390 g/mol. The van der Waals surface area contributed by atoms with Crippen LogP contribution < -0.4 is 4.72 Å². The van der Waals surface area contributed by atoms with E-state index < -0.39 is 22.0 Å². The van der Waals surface area contributed by atoms with Gasteiger partial charge in [0.05, 0.1) is 4.90 Å². The number of hydrogen-bond acceptors (Lipinski definition) is 4. The van der Waals surface area contributed by atoms with Crippen molar-refractivity contribution in [2.24, 2.45) is 0 Å². The zero-order valence-electron chi connectivity index (χ0n) is 16.4. The molecule has 0 saturated carbocycles. The lowest BCUT2D eigenvalue weighted by atomic mass is 9.87. The van der Waals surface area contributed by atoms with Gasteiger partial charge in [-0.15, -0.1) is 0 Å². The first-order valence-corrected chi connectivity index (χ1v) is 10.3. The van der Waals surface area contributed by atoms with E-state index in [1.807, 2.05) is 31.2 Å². The Bertz CT molecular complexity index is 879. The van der Waals surface area contributed by atoms with E-state index in [2.05, 4.69) is 25.5 Å². The highest BCUT2D eigenvalue weighted by Gasteiger charge is 2.23. The van der Waals surface area contributed by atoms with Gasteiger partial charge in [0.1, 0.15) is 12.6 Å². The van der Waals surface area contributed by atoms with Crippen LogP contribution >= 0.6 is 0 Å². The molecule has 1 atom stereocenters. The van der Waals surface area contributed by atoms with Crippen LogP contribution in [0, 0.1) is 6.92 Å². The number of benzene rings is 2. The number of rotatable bonds is 6. The van der Waals surface area contributed by atoms with E-state index in [4.69, 9.17) is 4.74 Å². The quantitative estimate of drug-likeness (QED) is 0.765. The van der Waals surface area contributed by atoms with Crippen molar-refractivity contribution in [1.29, 1.82) is 0 Å². The van der Waals surface area contributed by atoms with Crippen LogP contribution in [0.2, 0.25) is 0 Å². The van der Waals surface area contributed by atoms with Gasteiger partial charge in [-0.05, 0) is 42.5 Å². The maximum Gasteiger partial charge on any atom is 0.324 e. The molecule has 0 bridgehead atoms. The Balaban J connectivity index is 1.94. The van der Waals surface area contributed by atoms with E-state index in [0.29, 0.717) is 0 Å². The van der Waals surface area contributed by atoms with Crippen molar-refractivity contribution in [3.63, 3.8) is 0 Å².